The van der Waals surface area contributed by atoms with Crippen molar-refractivity contribution in [2.45, 2.75) is 46.0 Å². The molecular formula is C11H23N. The van der Waals surface area contributed by atoms with Gasteiger partial charge in [-0.1, -0.05) is 32.4 Å². The Labute approximate surface area is 77.2 Å². The second kappa shape index (κ2) is 10.7. The molecule has 1 heterocycles. The summed E-state index contributed by atoms with van der Waals surface area (Å²) in [7, 11) is 0. The molecule has 12 heavy (non-hydrogen) atoms. The predicted molar refractivity (Wildman–Crippen MR) is 56.4 cm³/mol. The van der Waals surface area contributed by atoms with Crippen molar-refractivity contribution in [3.05, 3.63) is 12.2 Å². The molecule has 0 aromatic rings. The van der Waals surface area contributed by atoms with Crippen molar-refractivity contribution >= 4 is 0 Å². The van der Waals surface area contributed by atoms with Gasteiger partial charge in [-0.15, -0.1) is 0 Å². The van der Waals surface area contributed by atoms with Gasteiger partial charge in [0.2, 0.25) is 0 Å². The van der Waals surface area contributed by atoms with E-state index in [4.69, 9.17) is 0 Å². The normalized spacial score (nSPS) is 17.2. The fourth-order valence-electron chi connectivity index (χ4n) is 1.14. The van der Waals surface area contributed by atoms with Gasteiger partial charge in [-0.25, -0.2) is 0 Å². The number of allylic oxidation sites excluding steroid dienone is 2. The largest absolute Gasteiger partial charge is 0.317 e. The molecule has 0 atom stereocenters. The van der Waals surface area contributed by atoms with E-state index in [9.17, 15) is 0 Å². The zero-order valence-electron chi connectivity index (χ0n) is 8.60. The van der Waals surface area contributed by atoms with Crippen LogP contribution < -0.4 is 5.32 Å². The molecule has 0 amide bonds. The average Bonchev–Trinajstić information content (AvgIpc) is 2.18. The molecule has 0 aromatic carbocycles. The van der Waals surface area contributed by atoms with Crippen LogP contribution >= 0.6 is 0 Å². The molecule has 0 aromatic heterocycles. The summed E-state index contributed by atoms with van der Waals surface area (Å²) in [5, 5.41) is 3.28. The van der Waals surface area contributed by atoms with Crippen LogP contribution in [0.5, 0.6) is 0 Å². The third-order valence-corrected chi connectivity index (χ3v) is 1.85. The van der Waals surface area contributed by atoms with Gasteiger partial charge in [-0.2, -0.15) is 0 Å². The summed E-state index contributed by atoms with van der Waals surface area (Å²) in [6.07, 6.45) is 10.9. The first-order chi connectivity index (χ1) is 5.91. The molecule has 0 saturated carbocycles. The van der Waals surface area contributed by atoms with E-state index in [1.807, 2.05) is 0 Å². The molecule has 0 radical (unpaired) electrons. The minimum Gasteiger partial charge on any atom is -0.317 e. The van der Waals surface area contributed by atoms with Crippen molar-refractivity contribution in [1.29, 1.82) is 0 Å². The highest BCUT2D eigenvalue weighted by atomic mass is 14.9. The molecule has 1 aliphatic heterocycles. The molecule has 0 unspecified atom stereocenters. The summed E-state index contributed by atoms with van der Waals surface area (Å²) in [6, 6.07) is 0. The van der Waals surface area contributed by atoms with Gasteiger partial charge < -0.3 is 5.32 Å². The van der Waals surface area contributed by atoms with Crippen molar-refractivity contribution in [1.82, 2.24) is 5.32 Å². The maximum atomic E-state index is 3.28. The maximum absolute atomic E-state index is 3.28. The van der Waals surface area contributed by atoms with Gasteiger partial charge >= 0.3 is 0 Å². The summed E-state index contributed by atoms with van der Waals surface area (Å²) >= 11 is 0. The fraction of sp³-hybridized carbons (Fsp3) is 0.818. The standard InChI is InChI=1S/C6H12.C5H11N/c1-3-5-6-4-2;1-2-4-6-5-3-1/h5-6H,3-4H2,1-2H3;6H,1-5H2. The fourth-order valence-corrected chi connectivity index (χ4v) is 1.14. The van der Waals surface area contributed by atoms with Crippen molar-refractivity contribution < 1.29 is 0 Å². The second-order valence-corrected chi connectivity index (χ2v) is 3.10. The third-order valence-electron chi connectivity index (χ3n) is 1.85. The molecule has 1 heteroatoms. The second-order valence-electron chi connectivity index (χ2n) is 3.10. The highest BCUT2D eigenvalue weighted by Gasteiger charge is 1.93. The van der Waals surface area contributed by atoms with E-state index in [-0.39, 0.29) is 0 Å². The zero-order valence-corrected chi connectivity index (χ0v) is 8.60. The van der Waals surface area contributed by atoms with Gasteiger partial charge in [0.1, 0.15) is 0 Å². The monoisotopic (exact) mass is 169 g/mol. The molecule has 0 aliphatic carbocycles. The average molecular weight is 169 g/mol. The smallest absolute Gasteiger partial charge is 0.00489 e. The Morgan fingerprint density at radius 2 is 1.42 bits per heavy atom. The first kappa shape index (κ1) is 11.7. The third kappa shape index (κ3) is 9.70. The topological polar surface area (TPSA) is 12.0 Å². The summed E-state index contributed by atoms with van der Waals surface area (Å²) in [4.78, 5) is 0. The Bertz CT molecular complexity index is 75.7. The highest BCUT2D eigenvalue weighted by molar-refractivity contribution is 4.77. The molecule has 1 N–H and O–H groups in total. The van der Waals surface area contributed by atoms with Crippen LogP contribution in [0.15, 0.2) is 12.2 Å². The number of nitrogens with one attached hydrogen (secondary N) is 1. The lowest BCUT2D eigenvalue weighted by atomic mass is 10.2. The van der Waals surface area contributed by atoms with Gasteiger partial charge in [0.05, 0.1) is 0 Å². The SMILES string of the molecule is C1CCNCC1.CCC=CCC. The quantitative estimate of drug-likeness (QED) is 0.626. The molecule has 1 saturated heterocycles. The number of hydrogen-bond donors (Lipinski definition) is 1. The lowest BCUT2D eigenvalue weighted by molar-refractivity contribution is 0.520. The van der Waals surface area contributed by atoms with Crippen molar-refractivity contribution in [3.8, 4) is 0 Å². The first-order valence-electron chi connectivity index (χ1n) is 5.27. The summed E-state index contributed by atoms with van der Waals surface area (Å²) in [5.41, 5.74) is 0. The first-order valence-corrected chi connectivity index (χ1v) is 5.27. The Morgan fingerprint density at radius 3 is 1.58 bits per heavy atom. The minimum absolute atomic E-state index is 1.17. The van der Waals surface area contributed by atoms with E-state index in [0.29, 0.717) is 0 Å². The van der Waals surface area contributed by atoms with Crippen LogP contribution in [0.4, 0.5) is 0 Å². The van der Waals surface area contributed by atoms with Gasteiger partial charge in [-0.05, 0) is 38.8 Å². The summed E-state index contributed by atoms with van der Waals surface area (Å²) in [6.45, 7) is 6.79. The molecule has 1 aliphatic rings. The predicted octanol–water partition coefficient (Wildman–Crippen LogP) is 3.12. The van der Waals surface area contributed by atoms with Gasteiger partial charge in [0.25, 0.3) is 0 Å². The summed E-state index contributed by atoms with van der Waals surface area (Å²) in [5.74, 6) is 0. The lowest BCUT2D eigenvalue weighted by Gasteiger charge is -2.08. The van der Waals surface area contributed by atoms with Crippen LogP contribution in [0.2, 0.25) is 0 Å². The van der Waals surface area contributed by atoms with E-state index < -0.39 is 0 Å². The summed E-state index contributed by atoms with van der Waals surface area (Å²) < 4.78 is 0. The Balaban J connectivity index is 0.000000202. The molecule has 1 rings (SSSR count). The number of hydrogen-bond acceptors (Lipinski definition) is 1. The molecular weight excluding hydrogens is 146 g/mol. The zero-order chi connectivity index (χ0) is 9.07. The van der Waals surface area contributed by atoms with E-state index in [0.717, 1.165) is 0 Å². The van der Waals surface area contributed by atoms with Crippen molar-refractivity contribution in [3.63, 3.8) is 0 Å². The number of piperidine rings is 1. The van der Waals surface area contributed by atoms with E-state index in [2.05, 4.69) is 31.3 Å². The molecule has 1 nitrogen and oxygen atoms in total. The number of rotatable bonds is 2. The van der Waals surface area contributed by atoms with Gasteiger partial charge in [0, 0.05) is 0 Å². The van der Waals surface area contributed by atoms with E-state index >= 15 is 0 Å². The van der Waals surface area contributed by atoms with E-state index in [1.54, 1.807) is 0 Å². The van der Waals surface area contributed by atoms with Crippen LogP contribution in [0.25, 0.3) is 0 Å². The minimum atomic E-state index is 1.17. The van der Waals surface area contributed by atoms with Crippen LogP contribution in [-0.4, -0.2) is 13.1 Å². The molecule has 72 valence electrons. The Hall–Kier alpha value is -0.300. The van der Waals surface area contributed by atoms with Crippen LogP contribution in [0.1, 0.15) is 46.0 Å². The maximum Gasteiger partial charge on any atom is -0.00489 e. The van der Waals surface area contributed by atoms with Crippen molar-refractivity contribution in [2.24, 2.45) is 0 Å². The van der Waals surface area contributed by atoms with Crippen molar-refractivity contribution in [2.75, 3.05) is 13.1 Å². The Kier molecular flexibility index (Phi) is 10.4. The highest BCUT2D eigenvalue weighted by Crippen LogP contribution is 1.96. The molecule has 1 fully saturated rings. The van der Waals surface area contributed by atoms with Crippen LogP contribution in [-0.2, 0) is 0 Å². The molecule has 0 spiro atoms. The molecule has 0 bridgehead atoms. The Morgan fingerprint density at radius 1 is 0.917 bits per heavy atom. The van der Waals surface area contributed by atoms with Crippen LogP contribution in [0.3, 0.4) is 0 Å². The van der Waals surface area contributed by atoms with Crippen LogP contribution in [0, 0.1) is 0 Å². The van der Waals surface area contributed by atoms with Gasteiger partial charge in [-0.3, -0.25) is 0 Å². The van der Waals surface area contributed by atoms with E-state index in [1.165, 1.54) is 45.2 Å². The van der Waals surface area contributed by atoms with Gasteiger partial charge in [0.15, 0.2) is 0 Å². The lowest BCUT2D eigenvalue weighted by Crippen LogP contribution is -2.21.